The molecule has 2 aliphatic rings. The van der Waals surface area contributed by atoms with Crippen molar-refractivity contribution in [2.75, 3.05) is 19.6 Å². The molecule has 2 atom stereocenters. The topological polar surface area (TPSA) is 60.9 Å². The number of rotatable bonds is 2. The van der Waals surface area contributed by atoms with Crippen LogP contribution in [-0.4, -0.2) is 52.5 Å². The van der Waals surface area contributed by atoms with E-state index in [-0.39, 0.29) is 36.1 Å². The van der Waals surface area contributed by atoms with Gasteiger partial charge in [0.25, 0.3) is 0 Å². The molecule has 0 unspecified atom stereocenters. The maximum absolute atomic E-state index is 13.0. The Bertz CT molecular complexity index is 584. The number of aliphatic hydroxyl groups excluding tert-OH is 1. The van der Waals surface area contributed by atoms with Crippen LogP contribution in [0.1, 0.15) is 24.9 Å². The van der Waals surface area contributed by atoms with Gasteiger partial charge in [0.15, 0.2) is 0 Å². The molecule has 2 heterocycles. The molecule has 1 aromatic rings. The van der Waals surface area contributed by atoms with Gasteiger partial charge in [-0.25, -0.2) is 4.39 Å². The minimum atomic E-state index is -0.567. The van der Waals surface area contributed by atoms with Crippen molar-refractivity contribution in [2.45, 2.75) is 25.5 Å². The molecular weight excluding hydrogens is 287 g/mol. The standard InChI is InChI=1S/C16H19FN2O3/c1-10(20)18-7-12(8-18)16(22)19-9-14(21)6-15(19)11-2-4-13(17)5-3-11/h2-5,12,14-15,21H,6-9H2,1H3/t14-,15+/m1/s1. The van der Waals surface area contributed by atoms with Gasteiger partial charge in [0.05, 0.1) is 18.1 Å². The number of carbonyl (C=O) groups excluding carboxylic acids is 2. The van der Waals surface area contributed by atoms with Crippen LogP contribution in [0.5, 0.6) is 0 Å². The quantitative estimate of drug-likeness (QED) is 0.884. The zero-order chi connectivity index (χ0) is 15.9. The van der Waals surface area contributed by atoms with E-state index in [1.807, 2.05) is 0 Å². The lowest BCUT2D eigenvalue weighted by molar-refractivity contribution is -0.148. The van der Waals surface area contributed by atoms with E-state index in [0.717, 1.165) is 5.56 Å². The third-order valence-electron chi connectivity index (χ3n) is 4.49. The van der Waals surface area contributed by atoms with E-state index in [2.05, 4.69) is 0 Å². The first kappa shape index (κ1) is 15.0. The van der Waals surface area contributed by atoms with Gasteiger partial charge in [-0.1, -0.05) is 12.1 Å². The van der Waals surface area contributed by atoms with Gasteiger partial charge in [0.1, 0.15) is 5.82 Å². The van der Waals surface area contributed by atoms with Crippen molar-refractivity contribution in [1.29, 1.82) is 0 Å². The largest absolute Gasteiger partial charge is 0.391 e. The molecule has 0 saturated carbocycles. The SMILES string of the molecule is CC(=O)N1CC(C(=O)N2C[C@H](O)C[C@H]2c2ccc(F)cc2)C1. The summed E-state index contributed by atoms with van der Waals surface area (Å²) in [7, 11) is 0. The molecule has 1 N–H and O–H groups in total. The number of likely N-dealkylation sites (tertiary alicyclic amines) is 2. The lowest BCUT2D eigenvalue weighted by atomic mass is 9.96. The Labute approximate surface area is 128 Å². The zero-order valence-corrected chi connectivity index (χ0v) is 12.4. The van der Waals surface area contributed by atoms with Crippen LogP contribution < -0.4 is 0 Å². The Hall–Kier alpha value is -1.95. The summed E-state index contributed by atoms with van der Waals surface area (Å²) in [6.45, 7) is 2.66. The van der Waals surface area contributed by atoms with Gasteiger partial charge in [0.2, 0.25) is 11.8 Å². The van der Waals surface area contributed by atoms with Gasteiger partial charge in [-0.3, -0.25) is 9.59 Å². The van der Waals surface area contributed by atoms with Crippen molar-refractivity contribution in [2.24, 2.45) is 5.92 Å². The van der Waals surface area contributed by atoms with E-state index in [0.29, 0.717) is 19.5 Å². The lowest BCUT2D eigenvalue weighted by Gasteiger charge is -2.40. The molecular formula is C16H19FN2O3. The van der Waals surface area contributed by atoms with Crippen molar-refractivity contribution >= 4 is 11.8 Å². The molecule has 0 aliphatic carbocycles. The van der Waals surface area contributed by atoms with E-state index in [9.17, 15) is 19.1 Å². The molecule has 0 spiro atoms. The Morgan fingerprint density at radius 2 is 1.82 bits per heavy atom. The summed E-state index contributed by atoms with van der Waals surface area (Å²) in [5.74, 6) is -0.586. The van der Waals surface area contributed by atoms with Gasteiger partial charge < -0.3 is 14.9 Å². The number of amides is 2. The number of hydrogen-bond acceptors (Lipinski definition) is 3. The summed E-state index contributed by atoms with van der Waals surface area (Å²) in [5.41, 5.74) is 0.828. The molecule has 118 valence electrons. The first-order chi connectivity index (χ1) is 10.5. The van der Waals surface area contributed by atoms with E-state index < -0.39 is 6.10 Å². The van der Waals surface area contributed by atoms with Crippen molar-refractivity contribution in [3.05, 3.63) is 35.6 Å². The molecule has 2 saturated heterocycles. The number of β-amino-alcohol motifs (C(OH)–C–C–N with tert-alkyl or cyclic N) is 1. The maximum atomic E-state index is 13.0. The van der Waals surface area contributed by atoms with Crippen molar-refractivity contribution in [1.82, 2.24) is 9.80 Å². The van der Waals surface area contributed by atoms with Crippen molar-refractivity contribution in [3.63, 3.8) is 0 Å². The van der Waals surface area contributed by atoms with Gasteiger partial charge in [-0.2, -0.15) is 0 Å². The average molecular weight is 306 g/mol. The predicted octanol–water partition coefficient (Wildman–Crippen LogP) is 0.938. The van der Waals surface area contributed by atoms with Crippen molar-refractivity contribution in [3.8, 4) is 0 Å². The number of nitrogens with zero attached hydrogens (tertiary/aromatic N) is 2. The summed E-state index contributed by atoms with van der Waals surface area (Å²) < 4.78 is 13.0. The third-order valence-corrected chi connectivity index (χ3v) is 4.49. The number of aliphatic hydroxyl groups is 1. The minimum Gasteiger partial charge on any atom is -0.391 e. The second-order valence-electron chi connectivity index (χ2n) is 6.07. The summed E-state index contributed by atoms with van der Waals surface area (Å²) in [6, 6.07) is 5.81. The Balaban J connectivity index is 1.72. The summed E-state index contributed by atoms with van der Waals surface area (Å²) in [6.07, 6.45) is -0.108. The van der Waals surface area contributed by atoms with Crippen LogP contribution in [-0.2, 0) is 9.59 Å². The fourth-order valence-corrected chi connectivity index (χ4v) is 3.18. The fourth-order valence-electron chi connectivity index (χ4n) is 3.18. The average Bonchev–Trinajstić information content (AvgIpc) is 2.79. The van der Waals surface area contributed by atoms with Crippen LogP contribution in [0.2, 0.25) is 0 Å². The third kappa shape index (κ3) is 2.70. The fraction of sp³-hybridized carbons (Fsp3) is 0.500. The molecule has 22 heavy (non-hydrogen) atoms. The normalized spacial score (nSPS) is 25.2. The minimum absolute atomic E-state index is 0.0272. The van der Waals surface area contributed by atoms with Crippen molar-refractivity contribution < 1.29 is 19.1 Å². The highest BCUT2D eigenvalue weighted by atomic mass is 19.1. The molecule has 3 rings (SSSR count). The van der Waals surface area contributed by atoms with Crippen LogP contribution in [0.4, 0.5) is 4.39 Å². The van der Waals surface area contributed by atoms with E-state index in [1.54, 1.807) is 21.9 Å². The van der Waals surface area contributed by atoms with Crippen LogP contribution >= 0.6 is 0 Å². The highest BCUT2D eigenvalue weighted by molar-refractivity contribution is 5.84. The highest BCUT2D eigenvalue weighted by Crippen LogP contribution is 2.34. The van der Waals surface area contributed by atoms with Crippen LogP contribution in [0, 0.1) is 11.7 Å². The van der Waals surface area contributed by atoms with E-state index >= 15 is 0 Å². The smallest absolute Gasteiger partial charge is 0.229 e. The summed E-state index contributed by atoms with van der Waals surface area (Å²) in [5, 5.41) is 9.92. The van der Waals surface area contributed by atoms with Gasteiger partial charge in [-0.05, 0) is 24.1 Å². The second kappa shape index (κ2) is 5.68. The van der Waals surface area contributed by atoms with Crippen LogP contribution in [0.15, 0.2) is 24.3 Å². The second-order valence-corrected chi connectivity index (χ2v) is 6.07. The monoisotopic (exact) mass is 306 g/mol. The lowest BCUT2D eigenvalue weighted by Crippen LogP contribution is -2.55. The molecule has 0 aromatic heterocycles. The molecule has 6 heteroatoms. The number of carbonyl (C=O) groups is 2. The molecule has 0 radical (unpaired) electrons. The molecule has 1 aromatic carbocycles. The van der Waals surface area contributed by atoms with Gasteiger partial charge in [0, 0.05) is 26.6 Å². The maximum Gasteiger partial charge on any atom is 0.229 e. The first-order valence-electron chi connectivity index (χ1n) is 7.45. The van der Waals surface area contributed by atoms with Crippen LogP contribution in [0.3, 0.4) is 0 Å². The Kier molecular flexibility index (Phi) is 3.87. The van der Waals surface area contributed by atoms with E-state index in [1.165, 1.54) is 19.1 Å². The molecule has 2 aliphatic heterocycles. The van der Waals surface area contributed by atoms with Gasteiger partial charge >= 0.3 is 0 Å². The number of benzene rings is 1. The molecule has 5 nitrogen and oxygen atoms in total. The highest BCUT2D eigenvalue weighted by Gasteiger charge is 2.42. The molecule has 0 bridgehead atoms. The van der Waals surface area contributed by atoms with Gasteiger partial charge in [-0.15, -0.1) is 0 Å². The first-order valence-corrected chi connectivity index (χ1v) is 7.45. The number of halogens is 1. The molecule has 2 amide bonds. The van der Waals surface area contributed by atoms with E-state index in [4.69, 9.17) is 0 Å². The van der Waals surface area contributed by atoms with Crippen LogP contribution in [0.25, 0.3) is 0 Å². The zero-order valence-electron chi connectivity index (χ0n) is 12.4. The summed E-state index contributed by atoms with van der Waals surface area (Å²) >= 11 is 0. The number of hydrogen-bond donors (Lipinski definition) is 1. The Morgan fingerprint density at radius 3 is 2.41 bits per heavy atom. The molecule has 2 fully saturated rings. The predicted molar refractivity (Wildman–Crippen MR) is 77.2 cm³/mol. The Morgan fingerprint density at radius 1 is 1.18 bits per heavy atom. The summed E-state index contributed by atoms with van der Waals surface area (Å²) in [4.78, 5) is 27.1.